The number of thiophene rings is 1. The number of hydrogen-bond donors (Lipinski definition) is 2. The van der Waals surface area contributed by atoms with E-state index in [0.29, 0.717) is 0 Å². The smallest absolute Gasteiger partial charge is 0.0699 e. The minimum atomic E-state index is 0.0812. The fourth-order valence-corrected chi connectivity index (χ4v) is 3.70. The number of hydrogen-bond acceptors (Lipinski definition) is 4. The minimum Gasteiger partial charge on any atom is -0.392 e. The average Bonchev–Trinajstić information content (AvgIpc) is 2.62. The Morgan fingerprint density at radius 3 is 3.00 bits per heavy atom. The molecule has 1 aromatic heterocycles. The first-order valence-corrected chi connectivity index (χ1v) is 6.70. The van der Waals surface area contributed by atoms with Crippen molar-refractivity contribution in [2.45, 2.75) is 16.4 Å². The maximum absolute atomic E-state index is 9.35. The van der Waals surface area contributed by atoms with E-state index in [1.54, 1.807) is 23.1 Å². The molecule has 0 atom stereocenters. The van der Waals surface area contributed by atoms with Crippen LogP contribution in [0.5, 0.6) is 0 Å². The van der Waals surface area contributed by atoms with Crippen LogP contribution < -0.4 is 0 Å². The van der Waals surface area contributed by atoms with Crippen LogP contribution in [0.3, 0.4) is 0 Å². The van der Waals surface area contributed by atoms with Gasteiger partial charge in [-0.15, -0.1) is 35.7 Å². The summed E-state index contributed by atoms with van der Waals surface area (Å²) in [5.74, 6) is 0. The predicted molar refractivity (Wildman–Crippen MR) is 66.8 cm³/mol. The summed E-state index contributed by atoms with van der Waals surface area (Å²) in [6.07, 6.45) is 2.01. The highest BCUT2D eigenvalue weighted by atomic mass is 32.2. The number of aliphatic hydroxyl groups is 1. The van der Waals surface area contributed by atoms with Crippen LogP contribution >= 0.6 is 35.7 Å². The van der Waals surface area contributed by atoms with Crippen LogP contribution in [0.2, 0.25) is 0 Å². The molecule has 1 aromatic carbocycles. The van der Waals surface area contributed by atoms with Gasteiger partial charge < -0.3 is 5.11 Å². The highest BCUT2D eigenvalue weighted by Gasteiger charge is 2.10. The first-order chi connectivity index (χ1) is 6.77. The van der Waals surface area contributed by atoms with Crippen molar-refractivity contribution in [2.75, 3.05) is 6.26 Å². The third kappa shape index (κ3) is 1.56. The van der Waals surface area contributed by atoms with Crippen molar-refractivity contribution >= 4 is 45.8 Å². The molecule has 0 saturated heterocycles. The van der Waals surface area contributed by atoms with Crippen molar-refractivity contribution in [3.05, 3.63) is 23.1 Å². The summed E-state index contributed by atoms with van der Waals surface area (Å²) in [5, 5.41) is 12.5. The molecule has 2 aromatic rings. The van der Waals surface area contributed by atoms with Crippen molar-refractivity contribution in [1.82, 2.24) is 0 Å². The number of thioether (sulfide) groups is 1. The molecule has 1 N–H and O–H groups in total. The zero-order valence-corrected chi connectivity index (χ0v) is 10.2. The van der Waals surface area contributed by atoms with Crippen LogP contribution in [0.15, 0.2) is 27.3 Å². The number of thiol groups is 1. The molecule has 2 rings (SSSR count). The van der Waals surface area contributed by atoms with E-state index in [4.69, 9.17) is 0 Å². The van der Waals surface area contributed by atoms with Gasteiger partial charge in [0, 0.05) is 20.1 Å². The third-order valence-electron chi connectivity index (χ3n) is 2.16. The lowest BCUT2D eigenvalue weighted by Gasteiger charge is -2.09. The molecular weight excluding hydrogens is 232 g/mol. The Kier molecular flexibility index (Phi) is 3.07. The van der Waals surface area contributed by atoms with E-state index >= 15 is 0 Å². The molecule has 0 amide bonds. The van der Waals surface area contributed by atoms with E-state index in [1.807, 2.05) is 11.6 Å². The first kappa shape index (κ1) is 10.4. The number of benzene rings is 1. The van der Waals surface area contributed by atoms with Gasteiger partial charge in [-0.1, -0.05) is 0 Å². The standard InChI is InChI=1S/C10H10OS3/c1-13-10-7(5-11)6-2-3-14-9(6)4-8(10)12/h2-4,11-12H,5H2,1H3. The molecule has 0 saturated carbocycles. The molecule has 0 radical (unpaired) electrons. The summed E-state index contributed by atoms with van der Waals surface area (Å²) in [4.78, 5) is 2.04. The first-order valence-electron chi connectivity index (χ1n) is 4.14. The van der Waals surface area contributed by atoms with E-state index in [0.717, 1.165) is 20.7 Å². The van der Waals surface area contributed by atoms with Crippen molar-refractivity contribution < 1.29 is 5.11 Å². The quantitative estimate of drug-likeness (QED) is 0.622. The molecule has 0 bridgehead atoms. The summed E-state index contributed by atoms with van der Waals surface area (Å²) in [6.45, 7) is 0.0812. The number of fused-ring (bicyclic) bond motifs is 1. The van der Waals surface area contributed by atoms with Gasteiger partial charge in [0.2, 0.25) is 0 Å². The highest BCUT2D eigenvalue weighted by Crippen LogP contribution is 2.36. The Balaban J connectivity index is 2.82. The lowest BCUT2D eigenvalue weighted by atomic mass is 10.1. The summed E-state index contributed by atoms with van der Waals surface area (Å²) < 4.78 is 1.19. The third-order valence-corrected chi connectivity index (χ3v) is 4.40. The molecule has 0 aliphatic rings. The van der Waals surface area contributed by atoms with Crippen LogP contribution in [0.4, 0.5) is 0 Å². The van der Waals surface area contributed by atoms with Crippen molar-refractivity contribution in [3.63, 3.8) is 0 Å². The zero-order valence-electron chi connectivity index (χ0n) is 7.65. The fourth-order valence-electron chi connectivity index (χ4n) is 1.53. The molecule has 0 aliphatic carbocycles. The van der Waals surface area contributed by atoms with Gasteiger partial charge in [0.1, 0.15) is 0 Å². The van der Waals surface area contributed by atoms with Gasteiger partial charge in [0.15, 0.2) is 0 Å². The maximum atomic E-state index is 9.35. The monoisotopic (exact) mass is 242 g/mol. The minimum absolute atomic E-state index is 0.0812. The van der Waals surface area contributed by atoms with E-state index in [-0.39, 0.29) is 6.61 Å². The summed E-state index contributed by atoms with van der Waals surface area (Å²) in [7, 11) is 0. The number of aliphatic hydroxyl groups excluding tert-OH is 1. The second kappa shape index (κ2) is 4.14. The molecule has 0 fully saturated rings. The molecule has 1 nitrogen and oxygen atoms in total. The Morgan fingerprint density at radius 2 is 2.36 bits per heavy atom. The molecule has 0 unspecified atom stereocenters. The van der Waals surface area contributed by atoms with Crippen LogP contribution in [-0.2, 0) is 6.61 Å². The van der Waals surface area contributed by atoms with Gasteiger partial charge >= 0.3 is 0 Å². The number of rotatable bonds is 2. The van der Waals surface area contributed by atoms with Gasteiger partial charge in [0.25, 0.3) is 0 Å². The second-order valence-electron chi connectivity index (χ2n) is 2.90. The topological polar surface area (TPSA) is 20.2 Å². The lowest BCUT2D eigenvalue weighted by molar-refractivity contribution is 0.280. The van der Waals surface area contributed by atoms with Crippen LogP contribution in [0.1, 0.15) is 5.56 Å². The predicted octanol–water partition coefficient (Wildman–Crippen LogP) is 3.40. The Bertz CT molecular complexity index is 462. The molecule has 4 heteroatoms. The average molecular weight is 242 g/mol. The summed E-state index contributed by atoms with van der Waals surface area (Å²) in [6, 6.07) is 4.12. The zero-order chi connectivity index (χ0) is 10.1. The van der Waals surface area contributed by atoms with Gasteiger partial charge in [0.05, 0.1) is 6.61 Å². The molecule has 1 heterocycles. The maximum Gasteiger partial charge on any atom is 0.0699 e. The fraction of sp³-hybridized carbons (Fsp3) is 0.200. The van der Waals surface area contributed by atoms with Gasteiger partial charge in [-0.25, -0.2) is 0 Å². The van der Waals surface area contributed by atoms with E-state index in [9.17, 15) is 5.11 Å². The Morgan fingerprint density at radius 1 is 1.57 bits per heavy atom. The van der Waals surface area contributed by atoms with Crippen molar-refractivity contribution in [1.29, 1.82) is 0 Å². The van der Waals surface area contributed by atoms with E-state index in [2.05, 4.69) is 24.8 Å². The molecular formula is C10H10OS3. The van der Waals surface area contributed by atoms with Gasteiger partial charge in [-0.2, -0.15) is 0 Å². The van der Waals surface area contributed by atoms with Gasteiger partial charge in [-0.3, -0.25) is 0 Å². The molecule has 0 spiro atoms. The molecule has 0 aliphatic heterocycles. The lowest BCUT2D eigenvalue weighted by Crippen LogP contribution is -1.89. The summed E-state index contributed by atoms with van der Waals surface area (Å²) in [5.41, 5.74) is 1.00. The van der Waals surface area contributed by atoms with Gasteiger partial charge in [-0.05, 0) is 29.2 Å². The Labute approximate surface area is 96.6 Å². The molecule has 14 heavy (non-hydrogen) atoms. The van der Waals surface area contributed by atoms with Crippen molar-refractivity contribution in [3.8, 4) is 0 Å². The Hall–Kier alpha value is -0.160. The molecule has 74 valence electrons. The van der Waals surface area contributed by atoms with E-state index < -0.39 is 0 Å². The van der Waals surface area contributed by atoms with Crippen molar-refractivity contribution in [2.24, 2.45) is 0 Å². The largest absolute Gasteiger partial charge is 0.392 e. The highest BCUT2D eigenvalue weighted by molar-refractivity contribution is 7.99. The van der Waals surface area contributed by atoms with Crippen LogP contribution in [0.25, 0.3) is 10.1 Å². The van der Waals surface area contributed by atoms with Crippen LogP contribution in [0, 0.1) is 0 Å². The normalized spacial score (nSPS) is 11.1. The second-order valence-corrected chi connectivity index (χ2v) is 5.14. The summed E-state index contributed by atoms with van der Waals surface area (Å²) >= 11 is 7.74. The van der Waals surface area contributed by atoms with E-state index in [1.165, 1.54) is 4.70 Å². The SMILES string of the molecule is CSc1c(S)cc2sccc2c1CO. The van der Waals surface area contributed by atoms with Crippen LogP contribution in [-0.4, -0.2) is 11.4 Å².